The van der Waals surface area contributed by atoms with Crippen molar-refractivity contribution in [1.29, 1.82) is 5.26 Å². The summed E-state index contributed by atoms with van der Waals surface area (Å²) >= 11 is 0. The molecule has 0 radical (unpaired) electrons. The van der Waals surface area contributed by atoms with E-state index in [1.807, 2.05) is 6.92 Å². The molecule has 126 valence electrons. The molecule has 24 heavy (non-hydrogen) atoms. The average molecular weight is 328 g/mol. The van der Waals surface area contributed by atoms with Gasteiger partial charge >= 0.3 is 5.97 Å². The number of carbonyl (C=O) groups is 2. The lowest BCUT2D eigenvalue weighted by molar-refractivity contribution is -0.143. The van der Waals surface area contributed by atoms with Gasteiger partial charge in [0.05, 0.1) is 30.4 Å². The lowest BCUT2D eigenvalue weighted by Crippen LogP contribution is -2.42. The van der Waals surface area contributed by atoms with Crippen LogP contribution >= 0.6 is 0 Å². The fourth-order valence-corrected chi connectivity index (χ4v) is 2.64. The Labute approximate surface area is 140 Å². The van der Waals surface area contributed by atoms with Crippen LogP contribution in [0.15, 0.2) is 36.4 Å². The maximum atomic E-state index is 12.7. The normalized spacial score (nSPS) is 18.9. The summed E-state index contributed by atoms with van der Waals surface area (Å²) in [5.41, 5.74) is -1.53. The van der Waals surface area contributed by atoms with Crippen LogP contribution < -0.4 is 4.90 Å². The van der Waals surface area contributed by atoms with E-state index in [1.54, 1.807) is 30.3 Å². The Kier molecular flexibility index (Phi) is 5.37. The van der Waals surface area contributed by atoms with Crippen molar-refractivity contribution in [3.63, 3.8) is 0 Å². The number of aliphatic hydroxyl groups is 1. The zero-order valence-corrected chi connectivity index (χ0v) is 13.6. The van der Waals surface area contributed by atoms with Crippen LogP contribution in [0.4, 0.5) is 5.69 Å². The van der Waals surface area contributed by atoms with Crippen LogP contribution in [0.25, 0.3) is 0 Å². The van der Waals surface area contributed by atoms with Crippen molar-refractivity contribution >= 4 is 17.6 Å². The van der Waals surface area contributed by atoms with Crippen molar-refractivity contribution in [1.82, 2.24) is 0 Å². The fraction of sp³-hybridized carbons (Fsp3) is 0.389. The number of hydrogen-bond donors (Lipinski definition) is 1. The monoisotopic (exact) mass is 328 g/mol. The number of benzene rings is 1. The van der Waals surface area contributed by atoms with Gasteiger partial charge < -0.3 is 14.7 Å². The number of esters is 1. The van der Waals surface area contributed by atoms with E-state index >= 15 is 0 Å². The maximum absolute atomic E-state index is 12.7. The van der Waals surface area contributed by atoms with Gasteiger partial charge in [0.1, 0.15) is 0 Å². The predicted molar refractivity (Wildman–Crippen MR) is 87.9 cm³/mol. The third kappa shape index (κ3) is 3.03. The number of carbonyl (C=O) groups excluding carboxylic acids is 2. The topological polar surface area (TPSA) is 90.6 Å². The van der Waals surface area contributed by atoms with E-state index in [-0.39, 0.29) is 18.5 Å². The van der Waals surface area contributed by atoms with Crippen LogP contribution in [0.1, 0.15) is 31.7 Å². The second kappa shape index (κ2) is 7.28. The third-order valence-electron chi connectivity index (χ3n) is 4.01. The molecule has 6 heteroatoms. The van der Waals surface area contributed by atoms with Gasteiger partial charge in [-0.3, -0.25) is 9.59 Å². The molecule has 0 saturated carbocycles. The van der Waals surface area contributed by atoms with Gasteiger partial charge in [0.15, 0.2) is 0 Å². The highest BCUT2D eigenvalue weighted by Gasteiger charge is 2.51. The number of nitrogens with zero attached hydrogens (tertiary/aromatic N) is 2. The van der Waals surface area contributed by atoms with Crippen LogP contribution in [-0.4, -0.2) is 30.1 Å². The number of rotatable bonds is 7. The van der Waals surface area contributed by atoms with Crippen LogP contribution in [0, 0.1) is 11.3 Å². The molecule has 1 aromatic carbocycles. The number of hydrogen-bond acceptors (Lipinski definition) is 5. The van der Waals surface area contributed by atoms with Gasteiger partial charge in [0.25, 0.3) is 5.91 Å². The quantitative estimate of drug-likeness (QED) is 0.470. The summed E-state index contributed by atoms with van der Waals surface area (Å²) in [4.78, 5) is 25.7. The summed E-state index contributed by atoms with van der Waals surface area (Å²) in [6.07, 6.45) is 1.73. The molecule has 0 saturated heterocycles. The zero-order valence-electron chi connectivity index (χ0n) is 13.6. The highest BCUT2D eigenvalue weighted by Crippen LogP contribution is 2.43. The summed E-state index contributed by atoms with van der Waals surface area (Å²) in [5.74, 6) is -1.07. The Bertz CT molecular complexity index is 707. The minimum atomic E-state index is -2.07. The fourth-order valence-electron chi connectivity index (χ4n) is 2.64. The van der Waals surface area contributed by atoms with Crippen molar-refractivity contribution in [3.8, 4) is 6.07 Å². The number of para-hydroxylation sites is 1. The van der Waals surface area contributed by atoms with Gasteiger partial charge in [0, 0.05) is 12.1 Å². The van der Waals surface area contributed by atoms with Crippen LogP contribution in [0.5, 0.6) is 0 Å². The maximum Gasteiger partial charge on any atom is 0.307 e. The number of anilines is 1. The predicted octanol–water partition coefficient (Wildman–Crippen LogP) is 2.03. The minimum absolute atomic E-state index is 0.0128. The Hall–Kier alpha value is -2.65. The van der Waals surface area contributed by atoms with E-state index in [0.717, 1.165) is 12.8 Å². The standard InChI is InChI=1S/C18H20N2O4/c1-3-4-11-24-16(21)9-10-20-15-8-6-5-7-14(15)18(23,17(20)22)13(2)12-19/h5-8,23H,2-4,9-11H2,1H3. The van der Waals surface area contributed by atoms with Crippen molar-refractivity contribution < 1.29 is 19.4 Å². The molecule has 1 atom stereocenters. The Balaban J connectivity index is 2.18. The largest absolute Gasteiger partial charge is 0.466 e. The van der Waals surface area contributed by atoms with Gasteiger partial charge in [-0.2, -0.15) is 5.26 Å². The van der Waals surface area contributed by atoms with Gasteiger partial charge in [-0.05, 0) is 12.5 Å². The van der Waals surface area contributed by atoms with Gasteiger partial charge in [-0.1, -0.05) is 38.1 Å². The van der Waals surface area contributed by atoms with Crippen molar-refractivity contribution in [2.75, 3.05) is 18.1 Å². The molecule has 0 aliphatic carbocycles. The number of fused-ring (bicyclic) bond motifs is 1. The Morgan fingerprint density at radius 3 is 2.83 bits per heavy atom. The van der Waals surface area contributed by atoms with Gasteiger partial charge in [-0.15, -0.1) is 0 Å². The SMILES string of the molecule is C=C(C#N)C1(O)C(=O)N(CCC(=O)OCCCC)c2ccccc21. The molecule has 2 rings (SSSR count). The number of ether oxygens (including phenoxy) is 1. The molecule has 0 fully saturated rings. The second-order valence-corrected chi connectivity index (χ2v) is 5.60. The lowest BCUT2D eigenvalue weighted by atomic mass is 9.89. The second-order valence-electron chi connectivity index (χ2n) is 5.60. The first kappa shape index (κ1) is 17.7. The molecule has 1 amide bonds. The summed E-state index contributed by atoms with van der Waals surface area (Å²) in [6.45, 7) is 5.93. The summed E-state index contributed by atoms with van der Waals surface area (Å²) in [6, 6.07) is 8.39. The molecule has 1 unspecified atom stereocenters. The Morgan fingerprint density at radius 1 is 1.46 bits per heavy atom. The first-order valence-corrected chi connectivity index (χ1v) is 7.85. The van der Waals surface area contributed by atoms with E-state index in [1.165, 1.54) is 4.90 Å². The Morgan fingerprint density at radius 2 is 2.17 bits per heavy atom. The molecule has 1 aliphatic rings. The van der Waals surface area contributed by atoms with E-state index in [2.05, 4.69) is 6.58 Å². The van der Waals surface area contributed by atoms with E-state index in [4.69, 9.17) is 10.00 Å². The third-order valence-corrected chi connectivity index (χ3v) is 4.01. The molecule has 1 aromatic rings. The number of amides is 1. The molecular weight excluding hydrogens is 308 g/mol. The molecular formula is C18H20N2O4. The van der Waals surface area contributed by atoms with Crippen LogP contribution in [0.2, 0.25) is 0 Å². The van der Waals surface area contributed by atoms with Crippen molar-refractivity contribution in [2.45, 2.75) is 31.8 Å². The molecule has 1 heterocycles. The molecule has 0 bridgehead atoms. The van der Waals surface area contributed by atoms with E-state index in [0.29, 0.717) is 17.9 Å². The number of nitriles is 1. The first-order valence-electron chi connectivity index (χ1n) is 7.85. The lowest BCUT2D eigenvalue weighted by Gasteiger charge is -2.21. The summed E-state index contributed by atoms with van der Waals surface area (Å²) in [7, 11) is 0. The molecule has 6 nitrogen and oxygen atoms in total. The smallest absolute Gasteiger partial charge is 0.307 e. The van der Waals surface area contributed by atoms with Gasteiger partial charge in [0.2, 0.25) is 5.60 Å². The molecule has 1 N–H and O–H groups in total. The van der Waals surface area contributed by atoms with Gasteiger partial charge in [-0.25, -0.2) is 0 Å². The minimum Gasteiger partial charge on any atom is -0.466 e. The average Bonchev–Trinajstić information content (AvgIpc) is 2.82. The molecule has 0 spiro atoms. The van der Waals surface area contributed by atoms with Crippen LogP contribution in [-0.2, 0) is 19.9 Å². The molecule has 0 aromatic heterocycles. The first-order chi connectivity index (χ1) is 11.5. The summed E-state index contributed by atoms with van der Waals surface area (Å²) < 4.78 is 5.08. The number of unbranched alkanes of at least 4 members (excludes halogenated alkanes) is 1. The summed E-state index contributed by atoms with van der Waals surface area (Å²) in [5, 5.41) is 19.8. The highest BCUT2D eigenvalue weighted by molar-refractivity contribution is 6.09. The van der Waals surface area contributed by atoms with Crippen LogP contribution in [0.3, 0.4) is 0 Å². The van der Waals surface area contributed by atoms with Crippen molar-refractivity contribution in [2.24, 2.45) is 0 Å². The van der Waals surface area contributed by atoms with E-state index < -0.39 is 17.5 Å². The zero-order chi connectivity index (χ0) is 17.7. The highest BCUT2D eigenvalue weighted by atomic mass is 16.5. The molecule has 1 aliphatic heterocycles. The van der Waals surface area contributed by atoms with Crippen molar-refractivity contribution in [3.05, 3.63) is 42.0 Å². The van der Waals surface area contributed by atoms with E-state index in [9.17, 15) is 14.7 Å².